The van der Waals surface area contributed by atoms with Crippen molar-refractivity contribution in [3.8, 4) is 0 Å². The van der Waals surface area contributed by atoms with Gasteiger partial charge in [0.1, 0.15) is 0 Å². The number of aliphatic hydroxyl groups is 1. The van der Waals surface area contributed by atoms with Crippen LogP contribution in [0.5, 0.6) is 0 Å². The normalized spacial score (nSPS) is 28.2. The van der Waals surface area contributed by atoms with Gasteiger partial charge in [0.15, 0.2) is 0 Å². The van der Waals surface area contributed by atoms with Crippen LogP contribution in [0.4, 0.5) is 0 Å². The molecule has 1 fully saturated rings. The summed E-state index contributed by atoms with van der Waals surface area (Å²) in [6.45, 7) is 3.21. The third-order valence-electron chi connectivity index (χ3n) is 3.44. The van der Waals surface area contributed by atoms with E-state index in [0.717, 1.165) is 12.3 Å². The van der Waals surface area contributed by atoms with Gasteiger partial charge in [-0.15, -0.1) is 0 Å². The van der Waals surface area contributed by atoms with E-state index in [1.807, 2.05) is 0 Å². The Morgan fingerprint density at radius 1 is 1.47 bits per heavy atom. The number of rotatable bonds is 7. The molecule has 3 nitrogen and oxygen atoms in total. The van der Waals surface area contributed by atoms with Crippen molar-refractivity contribution in [3.05, 3.63) is 0 Å². The molecule has 0 aliphatic heterocycles. The molecule has 0 radical (unpaired) electrons. The zero-order valence-electron chi connectivity index (χ0n) is 10.0. The van der Waals surface area contributed by atoms with Gasteiger partial charge in [-0.1, -0.05) is 13.3 Å². The van der Waals surface area contributed by atoms with Gasteiger partial charge < -0.3 is 15.2 Å². The molecule has 0 saturated heterocycles. The van der Waals surface area contributed by atoms with Crippen LogP contribution in [0.3, 0.4) is 0 Å². The van der Waals surface area contributed by atoms with Gasteiger partial charge in [0.2, 0.25) is 0 Å². The monoisotopic (exact) mass is 215 g/mol. The molecule has 0 bridgehead atoms. The zero-order chi connectivity index (χ0) is 11.1. The van der Waals surface area contributed by atoms with Crippen LogP contribution in [0, 0.1) is 5.92 Å². The highest BCUT2D eigenvalue weighted by atomic mass is 16.5. The van der Waals surface area contributed by atoms with Gasteiger partial charge in [0.25, 0.3) is 0 Å². The molecule has 15 heavy (non-hydrogen) atoms. The Balaban J connectivity index is 2.25. The van der Waals surface area contributed by atoms with Gasteiger partial charge in [-0.05, 0) is 31.6 Å². The fourth-order valence-corrected chi connectivity index (χ4v) is 2.50. The third-order valence-corrected chi connectivity index (χ3v) is 3.44. The first-order chi connectivity index (χ1) is 7.30. The number of methoxy groups -OCH3 is 1. The van der Waals surface area contributed by atoms with Crippen molar-refractivity contribution in [2.24, 2.45) is 5.92 Å². The smallest absolute Gasteiger partial charge is 0.0616 e. The van der Waals surface area contributed by atoms with Crippen LogP contribution in [-0.4, -0.2) is 37.5 Å². The number of ether oxygens (including phenoxy) is 1. The molecule has 3 unspecified atom stereocenters. The highest BCUT2D eigenvalue weighted by Gasteiger charge is 2.24. The second-order valence-electron chi connectivity index (χ2n) is 4.62. The van der Waals surface area contributed by atoms with Gasteiger partial charge in [-0.2, -0.15) is 0 Å². The lowest BCUT2D eigenvalue weighted by Crippen LogP contribution is -2.40. The van der Waals surface area contributed by atoms with E-state index in [1.54, 1.807) is 7.11 Å². The number of hydrogen-bond donors (Lipinski definition) is 2. The summed E-state index contributed by atoms with van der Waals surface area (Å²) in [6.07, 6.45) is 6.02. The highest BCUT2D eigenvalue weighted by Crippen LogP contribution is 2.28. The van der Waals surface area contributed by atoms with Crippen molar-refractivity contribution in [1.29, 1.82) is 0 Å². The van der Waals surface area contributed by atoms with E-state index in [-0.39, 0.29) is 6.61 Å². The summed E-state index contributed by atoms with van der Waals surface area (Å²) in [7, 11) is 1.72. The second-order valence-corrected chi connectivity index (χ2v) is 4.62. The van der Waals surface area contributed by atoms with Crippen LogP contribution >= 0.6 is 0 Å². The molecular weight excluding hydrogens is 190 g/mol. The molecule has 3 atom stereocenters. The topological polar surface area (TPSA) is 41.5 Å². The van der Waals surface area contributed by atoms with E-state index in [4.69, 9.17) is 9.84 Å². The van der Waals surface area contributed by atoms with Crippen LogP contribution < -0.4 is 5.32 Å². The fraction of sp³-hybridized carbons (Fsp3) is 1.00. The van der Waals surface area contributed by atoms with E-state index in [2.05, 4.69) is 12.2 Å². The van der Waals surface area contributed by atoms with Crippen LogP contribution in [-0.2, 0) is 4.74 Å². The summed E-state index contributed by atoms with van der Waals surface area (Å²) >= 11 is 0. The molecule has 1 rings (SSSR count). The number of aliphatic hydroxyl groups excluding tert-OH is 1. The molecule has 1 aliphatic rings. The molecule has 0 spiro atoms. The quantitative estimate of drug-likeness (QED) is 0.677. The predicted octanol–water partition coefficient (Wildman–Crippen LogP) is 1.55. The van der Waals surface area contributed by atoms with Crippen molar-refractivity contribution in [2.45, 2.75) is 51.1 Å². The van der Waals surface area contributed by atoms with E-state index in [9.17, 15) is 0 Å². The summed E-state index contributed by atoms with van der Waals surface area (Å²) in [4.78, 5) is 0. The molecule has 0 aromatic heterocycles. The van der Waals surface area contributed by atoms with E-state index in [0.29, 0.717) is 18.7 Å². The maximum Gasteiger partial charge on any atom is 0.0616 e. The van der Waals surface area contributed by atoms with Gasteiger partial charge in [0, 0.05) is 25.8 Å². The summed E-state index contributed by atoms with van der Waals surface area (Å²) in [5.74, 6) is 0.903. The van der Waals surface area contributed by atoms with Gasteiger partial charge >= 0.3 is 0 Å². The molecule has 3 heteroatoms. The lowest BCUT2D eigenvalue weighted by atomic mass is 10.1. The average molecular weight is 215 g/mol. The van der Waals surface area contributed by atoms with Crippen molar-refractivity contribution in [2.75, 3.05) is 20.3 Å². The average Bonchev–Trinajstić information content (AvgIpc) is 2.66. The molecule has 1 saturated carbocycles. The van der Waals surface area contributed by atoms with E-state index >= 15 is 0 Å². The van der Waals surface area contributed by atoms with Crippen LogP contribution in [0.1, 0.15) is 39.0 Å². The molecule has 1 aliphatic carbocycles. The minimum Gasteiger partial charge on any atom is -0.396 e. The molecular formula is C12H25NO2. The summed E-state index contributed by atoms with van der Waals surface area (Å²) in [5, 5.41) is 12.5. The second kappa shape index (κ2) is 7.20. The summed E-state index contributed by atoms with van der Waals surface area (Å²) in [6, 6.07) is 0.960. The molecule has 0 aromatic carbocycles. The Morgan fingerprint density at radius 3 is 2.80 bits per heavy atom. The van der Waals surface area contributed by atoms with Crippen molar-refractivity contribution < 1.29 is 9.84 Å². The van der Waals surface area contributed by atoms with Crippen LogP contribution in [0.15, 0.2) is 0 Å². The molecule has 0 heterocycles. The Labute approximate surface area is 93.2 Å². The Morgan fingerprint density at radius 2 is 2.27 bits per heavy atom. The predicted molar refractivity (Wildman–Crippen MR) is 61.9 cm³/mol. The molecule has 2 N–H and O–H groups in total. The largest absolute Gasteiger partial charge is 0.396 e. The maximum atomic E-state index is 8.94. The lowest BCUT2D eigenvalue weighted by molar-refractivity contribution is 0.142. The first-order valence-electron chi connectivity index (χ1n) is 6.16. The Kier molecular flexibility index (Phi) is 6.22. The lowest BCUT2D eigenvalue weighted by Gasteiger charge is -2.21. The highest BCUT2D eigenvalue weighted by molar-refractivity contribution is 4.82. The van der Waals surface area contributed by atoms with Crippen molar-refractivity contribution >= 4 is 0 Å². The van der Waals surface area contributed by atoms with Gasteiger partial charge in [0.05, 0.1) is 6.61 Å². The first kappa shape index (κ1) is 12.9. The number of hydrogen-bond acceptors (Lipinski definition) is 3. The minimum absolute atomic E-state index is 0.241. The van der Waals surface area contributed by atoms with Gasteiger partial charge in [-0.3, -0.25) is 0 Å². The van der Waals surface area contributed by atoms with Crippen LogP contribution in [0.2, 0.25) is 0 Å². The van der Waals surface area contributed by atoms with E-state index < -0.39 is 0 Å². The van der Waals surface area contributed by atoms with Gasteiger partial charge in [-0.25, -0.2) is 0 Å². The minimum atomic E-state index is 0.241. The SMILES string of the molecule is CCC1CCC(NC(CCO)COC)C1. The molecule has 0 amide bonds. The van der Waals surface area contributed by atoms with Crippen molar-refractivity contribution in [3.63, 3.8) is 0 Å². The zero-order valence-corrected chi connectivity index (χ0v) is 10.0. The molecule has 0 aromatic rings. The third kappa shape index (κ3) is 4.49. The maximum absolute atomic E-state index is 8.94. The standard InChI is InChI=1S/C12H25NO2/c1-3-10-4-5-11(8-10)13-12(6-7-14)9-15-2/h10-14H,3-9H2,1-2H3. The van der Waals surface area contributed by atoms with Crippen LogP contribution in [0.25, 0.3) is 0 Å². The Hall–Kier alpha value is -0.120. The summed E-state index contributed by atoms with van der Waals surface area (Å²) < 4.78 is 5.15. The number of nitrogens with one attached hydrogen (secondary N) is 1. The molecule has 90 valence electrons. The fourth-order valence-electron chi connectivity index (χ4n) is 2.50. The Bertz CT molecular complexity index is 158. The van der Waals surface area contributed by atoms with E-state index in [1.165, 1.54) is 25.7 Å². The van der Waals surface area contributed by atoms with Crippen molar-refractivity contribution in [1.82, 2.24) is 5.32 Å². The summed E-state index contributed by atoms with van der Waals surface area (Å²) in [5.41, 5.74) is 0. The first-order valence-corrected chi connectivity index (χ1v) is 6.16.